The molecule has 0 aliphatic rings. The fourth-order valence-corrected chi connectivity index (χ4v) is 4.23. The number of hydrogen-bond acceptors (Lipinski definition) is 4. The van der Waals surface area contributed by atoms with Crippen LogP contribution in [0.3, 0.4) is 0 Å². The molecule has 0 spiro atoms. The summed E-state index contributed by atoms with van der Waals surface area (Å²) in [4.78, 5) is 12.8. The predicted molar refractivity (Wildman–Crippen MR) is 123 cm³/mol. The molecule has 0 radical (unpaired) electrons. The van der Waals surface area contributed by atoms with Gasteiger partial charge < -0.3 is 5.32 Å². The number of aromatic nitrogens is 2. The number of benzene rings is 3. The first kappa shape index (κ1) is 21.5. The van der Waals surface area contributed by atoms with E-state index in [1.165, 1.54) is 12.1 Å². The first-order valence-corrected chi connectivity index (χ1v) is 11.5. The Bertz CT molecular complexity index is 1300. The molecule has 7 nitrogen and oxygen atoms in total. The largest absolute Gasteiger partial charge is 0.307 e. The first-order valence-electron chi connectivity index (χ1n) is 10.0. The lowest BCUT2D eigenvalue weighted by atomic mass is 10.2. The van der Waals surface area contributed by atoms with Gasteiger partial charge in [0.05, 0.1) is 17.6 Å². The quantitative estimate of drug-likeness (QED) is 0.432. The molecule has 1 amide bonds. The van der Waals surface area contributed by atoms with Crippen LogP contribution in [0.5, 0.6) is 0 Å². The van der Waals surface area contributed by atoms with E-state index in [-0.39, 0.29) is 17.0 Å². The van der Waals surface area contributed by atoms with Gasteiger partial charge >= 0.3 is 0 Å². The Hall–Kier alpha value is -3.75. The predicted octanol–water partition coefficient (Wildman–Crippen LogP) is 3.66. The monoisotopic (exact) mass is 446 g/mol. The highest BCUT2D eigenvalue weighted by molar-refractivity contribution is 7.89. The maximum atomic E-state index is 12.8. The maximum absolute atomic E-state index is 12.8. The Morgan fingerprint density at radius 2 is 1.53 bits per heavy atom. The number of sulfonamides is 1. The average Bonchev–Trinajstić information content (AvgIpc) is 3.25. The molecule has 4 aromatic rings. The van der Waals surface area contributed by atoms with Crippen LogP contribution in [0.1, 0.15) is 21.5 Å². The number of carbonyl (C=O) groups excluding carboxylic acids is 1. The van der Waals surface area contributed by atoms with Crippen LogP contribution >= 0.6 is 0 Å². The van der Waals surface area contributed by atoms with Crippen molar-refractivity contribution >= 4 is 21.7 Å². The highest BCUT2D eigenvalue weighted by Crippen LogP contribution is 2.15. The van der Waals surface area contributed by atoms with Gasteiger partial charge in [0, 0.05) is 18.2 Å². The molecule has 0 saturated carbocycles. The van der Waals surface area contributed by atoms with Crippen molar-refractivity contribution < 1.29 is 13.2 Å². The molecule has 0 aliphatic carbocycles. The molecular weight excluding hydrogens is 424 g/mol. The summed E-state index contributed by atoms with van der Waals surface area (Å²) in [5.74, 6) is 0.106. The van der Waals surface area contributed by atoms with Crippen molar-refractivity contribution in [3.8, 4) is 0 Å². The Balaban J connectivity index is 1.47. The van der Waals surface area contributed by atoms with E-state index in [9.17, 15) is 13.2 Å². The Morgan fingerprint density at radius 1 is 0.844 bits per heavy atom. The second-order valence-corrected chi connectivity index (χ2v) is 8.92. The summed E-state index contributed by atoms with van der Waals surface area (Å²) in [7, 11) is -3.77. The van der Waals surface area contributed by atoms with E-state index in [4.69, 9.17) is 0 Å². The first-order chi connectivity index (χ1) is 15.5. The van der Waals surface area contributed by atoms with Crippen molar-refractivity contribution in [3.05, 3.63) is 114 Å². The van der Waals surface area contributed by atoms with Crippen LogP contribution in [-0.2, 0) is 23.1 Å². The topological polar surface area (TPSA) is 93.1 Å². The van der Waals surface area contributed by atoms with Crippen LogP contribution in [0.25, 0.3) is 0 Å². The van der Waals surface area contributed by atoms with E-state index in [0.717, 1.165) is 11.1 Å². The number of nitrogens with one attached hydrogen (secondary N) is 2. The summed E-state index contributed by atoms with van der Waals surface area (Å²) in [5, 5.41) is 7.07. The summed E-state index contributed by atoms with van der Waals surface area (Å²) in [5.41, 5.74) is 2.13. The third-order valence-electron chi connectivity index (χ3n) is 4.85. The highest BCUT2D eigenvalue weighted by Gasteiger charge is 2.17. The van der Waals surface area contributed by atoms with Crippen molar-refractivity contribution in [2.75, 3.05) is 5.32 Å². The summed E-state index contributed by atoms with van der Waals surface area (Å²) in [6.07, 6.45) is 1.60. The van der Waals surface area contributed by atoms with Gasteiger partial charge in [-0.3, -0.25) is 4.79 Å². The third kappa shape index (κ3) is 5.29. The average molecular weight is 447 g/mol. The molecule has 0 atom stereocenters. The van der Waals surface area contributed by atoms with E-state index in [0.29, 0.717) is 12.4 Å². The normalized spacial score (nSPS) is 11.2. The summed E-state index contributed by atoms with van der Waals surface area (Å²) in [6, 6.07) is 26.6. The molecule has 8 heteroatoms. The van der Waals surface area contributed by atoms with Gasteiger partial charge in [-0.15, -0.1) is 0 Å². The molecule has 1 heterocycles. The number of anilines is 1. The molecule has 0 fully saturated rings. The lowest BCUT2D eigenvalue weighted by molar-refractivity contribution is 0.102. The van der Waals surface area contributed by atoms with Crippen molar-refractivity contribution in [1.82, 2.24) is 14.5 Å². The van der Waals surface area contributed by atoms with Crippen molar-refractivity contribution in [1.29, 1.82) is 0 Å². The standard InChI is InChI=1S/C24H22N4O3S/c29-24(27-23-14-15-25-28(23)18-20-10-5-2-6-11-20)21-12-7-13-22(16-21)32(30,31)26-17-19-8-3-1-4-9-19/h1-16,26H,17-18H2,(H,27,29). The third-order valence-corrected chi connectivity index (χ3v) is 6.25. The van der Waals surface area contributed by atoms with Crippen LogP contribution in [0.4, 0.5) is 5.82 Å². The van der Waals surface area contributed by atoms with Crippen LogP contribution in [0, 0.1) is 0 Å². The minimum Gasteiger partial charge on any atom is -0.307 e. The van der Waals surface area contributed by atoms with E-state index in [1.54, 1.807) is 29.1 Å². The second kappa shape index (κ2) is 9.59. The van der Waals surface area contributed by atoms with E-state index in [1.807, 2.05) is 60.7 Å². The molecule has 3 aromatic carbocycles. The Morgan fingerprint density at radius 3 is 2.25 bits per heavy atom. The maximum Gasteiger partial charge on any atom is 0.256 e. The van der Waals surface area contributed by atoms with Gasteiger partial charge in [0.1, 0.15) is 5.82 Å². The van der Waals surface area contributed by atoms with Crippen LogP contribution in [0.2, 0.25) is 0 Å². The van der Waals surface area contributed by atoms with E-state index < -0.39 is 15.9 Å². The lowest BCUT2D eigenvalue weighted by Crippen LogP contribution is -2.24. The number of amides is 1. The number of nitrogens with zero attached hydrogens (tertiary/aromatic N) is 2. The zero-order valence-electron chi connectivity index (χ0n) is 17.2. The van der Waals surface area contributed by atoms with Gasteiger partial charge in [0.15, 0.2) is 0 Å². The van der Waals surface area contributed by atoms with Crippen LogP contribution in [-0.4, -0.2) is 24.1 Å². The van der Waals surface area contributed by atoms with E-state index in [2.05, 4.69) is 15.1 Å². The Kier molecular flexibility index (Phi) is 6.44. The van der Waals surface area contributed by atoms with Crippen LogP contribution < -0.4 is 10.0 Å². The van der Waals surface area contributed by atoms with Gasteiger partial charge in [0.25, 0.3) is 5.91 Å². The molecule has 162 valence electrons. The molecule has 1 aromatic heterocycles. The van der Waals surface area contributed by atoms with E-state index >= 15 is 0 Å². The highest BCUT2D eigenvalue weighted by atomic mass is 32.2. The zero-order valence-corrected chi connectivity index (χ0v) is 18.0. The number of rotatable bonds is 8. The molecule has 0 aliphatic heterocycles. The molecule has 2 N–H and O–H groups in total. The summed E-state index contributed by atoms with van der Waals surface area (Å²) in [6.45, 7) is 0.666. The minimum atomic E-state index is -3.77. The molecule has 32 heavy (non-hydrogen) atoms. The molecule has 0 bridgehead atoms. The fourth-order valence-electron chi connectivity index (χ4n) is 3.17. The van der Waals surface area contributed by atoms with Gasteiger partial charge in [-0.1, -0.05) is 66.7 Å². The number of hydrogen-bond donors (Lipinski definition) is 2. The molecule has 4 rings (SSSR count). The molecular formula is C24H22N4O3S. The molecule has 0 saturated heterocycles. The number of carbonyl (C=O) groups is 1. The van der Waals surface area contributed by atoms with Crippen molar-refractivity contribution in [2.45, 2.75) is 18.0 Å². The van der Waals surface area contributed by atoms with Crippen molar-refractivity contribution in [3.63, 3.8) is 0 Å². The summed E-state index contributed by atoms with van der Waals surface area (Å²) >= 11 is 0. The SMILES string of the molecule is O=C(Nc1ccnn1Cc1ccccc1)c1cccc(S(=O)(=O)NCc2ccccc2)c1. The molecule has 0 unspecified atom stereocenters. The van der Waals surface area contributed by atoms with Gasteiger partial charge in [-0.25, -0.2) is 17.8 Å². The zero-order chi connectivity index (χ0) is 22.4. The fraction of sp³-hybridized carbons (Fsp3) is 0.0833. The van der Waals surface area contributed by atoms with Gasteiger partial charge in [-0.2, -0.15) is 5.10 Å². The smallest absolute Gasteiger partial charge is 0.256 e. The van der Waals surface area contributed by atoms with Crippen molar-refractivity contribution in [2.24, 2.45) is 0 Å². The Labute approximate surface area is 186 Å². The summed E-state index contributed by atoms with van der Waals surface area (Å²) < 4.78 is 29.6. The van der Waals surface area contributed by atoms with Gasteiger partial charge in [0.2, 0.25) is 10.0 Å². The second-order valence-electron chi connectivity index (χ2n) is 7.15. The lowest BCUT2D eigenvalue weighted by Gasteiger charge is -2.11. The van der Waals surface area contributed by atoms with Crippen LogP contribution in [0.15, 0.2) is 102 Å². The van der Waals surface area contributed by atoms with Gasteiger partial charge in [-0.05, 0) is 29.3 Å². The minimum absolute atomic E-state index is 0.0267.